The fourth-order valence-electron chi connectivity index (χ4n) is 3.12. The summed E-state index contributed by atoms with van der Waals surface area (Å²) < 4.78 is 18.6. The van der Waals surface area contributed by atoms with Crippen LogP contribution < -0.4 is 15.0 Å². The lowest BCUT2D eigenvalue weighted by molar-refractivity contribution is -0.139. The molecule has 0 N–H and O–H groups in total. The summed E-state index contributed by atoms with van der Waals surface area (Å²) in [4.78, 5) is 29.7. The molecule has 158 valence electrons. The second-order valence-electron chi connectivity index (χ2n) is 6.56. The molecular weight excluding hydrogens is 416 g/mol. The van der Waals surface area contributed by atoms with Gasteiger partial charge in [0, 0.05) is 12.1 Å². The molecule has 2 aromatic carbocycles. The van der Waals surface area contributed by atoms with E-state index in [-0.39, 0.29) is 12.2 Å². The number of carbonyl (C=O) groups excluding carboxylic acids is 1. The van der Waals surface area contributed by atoms with E-state index < -0.39 is 5.97 Å². The van der Waals surface area contributed by atoms with Crippen molar-refractivity contribution < 1.29 is 19.0 Å². The van der Waals surface area contributed by atoms with Crippen molar-refractivity contribution in [2.75, 3.05) is 13.7 Å². The van der Waals surface area contributed by atoms with Gasteiger partial charge >= 0.3 is 5.97 Å². The summed E-state index contributed by atoms with van der Waals surface area (Å²) in [6.45, 7) is 2.34. The summed E-state index contributed by atoms with van der Waals surface area (Å²) in [6.07, 6.45) is 2.94. The number of carbonyl (C=O) groups is 1. The number of para-hydroxylation sites is 1. The Kier molecular flexibility index (Phi) is 5.99. The van der Waals surface area contributed by atoms with E-state index in [1.807, 2.05) is 37.3 Å². The van der Waals surface area contributed by atoms with Crippen LogP contribution in [0.15, 0.2) is 59.4 Å². The Hall–Kier alpha value is -3.65. The average Bonchev–Trinajstić information content (AvgIpc) is 3.16. The predicted molar refractivity (Wildman–Crippen MR) is 120 cm³/mol. The minimum atomic E-state index is -0.536. The molecule has 0 radical (unpaired) electrons. The van der Waals surface area contributed by atoms with Gasteiger partial charge in [0.25, 0.3) is 5.56 Å². The fraction of sp³-hybridized carbons (Fsp3) is 0.174. The number of benzene rings is 2. The highest BCUT2D eigenvalue weighted by Gasteiger charge is 2.10. The van der Waals surface area contributed by atoms with Crippen LogP contribution in [-0.4, -0.2) is 29.1 Å². The lowest BCUT2D eigenvalue weighted by atomic mass is 10.2. The molecule has 7 nitrogen and oxygen atoms in total. The molecule has 0 aliphatic heterocycles. The number of rotatable bonds is 7. The van der Waals surface area contributed by atoms with Gasteiger partial charge in [-0.1, -0.05) is 29.5 Å². The van der Waals surface area contributed by atoms with Crippen molar-refractivity contribution in [1.29, 1.82) is 0 Å². The molecule has 0 unspecified atom stereocenters. The second-order valence-corrected chi connectivity index (χ2v) is 7.57. The SMILES string of the molecule is CCOc1ccc(C=CC(=O)OCc2cc(=O)n3c(n2)sc2ccccc23)cc1OC. The van der Waals surface area contributed by atoms with Crippen LogP contribution >= 0.6 is 11.3 Å². The number of aromatic nitrogens is 2. The quantitative estimate of drug-likeness (QED) is 0.321. The van der Waals surface area contributed by atoms with Crippen LogP contribution in [0, 0.1) is 0 Å². The number of fused-ring (bicyclic) bond motifs is 3. The van der Waals surface area contributed by atoms with E-state index in [9.17, 15) is 9.59 Å². The van der Waals surface area contributed by atoms with Crippen molar-refractivity contribution in [3.63, 3.8) is 0 Å². The van der Waals surface area contributed by atoms with Crippen molar-refractivity contribution in [2.24, 2.45) is 0 Å². The maximum Gasteiger partial charge on any atom is 0.331 e. The number of ether oxygens (including phenoxy) is 3. The standard InChI is InChI=1S/C23H20N2O5S/c1-3-29-18-10-8-15(12-19(18)28-2)9-11-22(27)30-14-16-13-21(26)25-17-6-4-5-7-20(17)31-23(25)24-16/h4-13H,3,14H2,1-2H3. The van der Waals surface area contributed by atoms with E-state index >= 15 is 0 Å². The van der Waals surface area contributed by atoms with Crippen molar-refractivity contribution >= 4 is 38.6 Å². The highest BCUT2D eigenvalue weighted by atomic mass is 32.1. The largest absolute Gasteiger partial charge is 0.493 e. The van der Waals surface area contributed by atoms with E-state index in [0.29, 0.717) is 28.8 Å². The van der Waals surface area contributed by atoms with Gasteiger partial charge in [-0.05, 0) is 42.8 Å². The summed E-state index contributed by atoms with van der Waals surface area (Å²) in [7, 11) is 1.56. The van der Waals surface area contributed by atoms with Gasteiger partial charge in [0.2, 0.25) is 0 Å². The van der Waals surface area contributed by atoms with E-state index in [4.69, 9.17) is 14.2 Å². The predicted octanol–water partition coefficient (Wildman–Crippen LogP) is 4.07. The maximum atomic E-state index is 12.5. The molecule has 8 heteroatoms. The second kappa shape index (κ2) is 9.01. The topological polar surface area (TPSA) is 79.1 Å². The van der Waals surface area contributed by atoms with Crippen LogP contribution in [0.3, 0.4) is 0 Å². The number of thiazole rings is 1. The Morgan fingerprint density at radius 3 is 2.81 bits per heavy atom. The maximum absolute atomic E-state index is 12.5. The van der Waals surface area contributed by atoms with Crippen LogP contribution in [0.5, 0.6) is 11.5 Å². The van der Waals surface area contributed by atoms with Gasteiger partial charge in [-0.25, -0.2) is 9.78 Å². The molecule has 0 aliphatic carbocycles. The molecule has 0 fully saturated rings. The third-order valence-electron chi connectivity index (χ3n) is 4.51. The Bertz CT molecular complexity index is 1340. The molecule has 0 amide bonds. The molecule has 0 saturated heterocycles. The first-order valence-corrected chi connectivity index (χ1v) is 10.5. The number of hydrogen-bond acceptors (Lipinski definition) is 7. The first-order valence-electron chi connectivity index (χ1n) is 9.65. The van der Waals surface area contributed by atoms with Crippen molar-refractivity contribution in [3.05, 3.63) is 76.2 Å². The smallest absolute Gasteiger partial charge is 0.331 e. The molecule has 4 aromatic rings. The van der Waals surface area contributed by atoms with E-state index in [0.717, 1.165) is 15.8 Å². The molecule has 0 aliphatic rings. The third kappa shape index (κ3) is 4.44. The normalized spacial score (nSPS) is 11.3. The monoisotopic (exact) mass is 436 g/mol. The Morgan fingerprint density at radius 1 is 1.16 bits per heavy atom. The Balaban J connectivity index is 1.45. The van der Waals surface area contributed by atoms with Crippen molar-refractivity contribution in [1.82, 2.24) is 9.38 Å². The van der Waals surface area contributed by atoms with Crippen LogP contribution in [0.25, 0.3) is 21.3 Å². The van der Waals surface area contributed by atoms with Gasteiger partial charge in [0.1, 0.15) is 6.61 Å². The molecule has 0 saturated carbocycles. The molecule has 2 aromatic heterocycles. The first kappa shape index (κ1) is 20.6. The minimum Gasteiger partial charge on any atom is -0.493 e. The summed E-state index contributed by atoms with van der Waals surface area (Å²) >= 11 is 1.42. The molecule has 31 heavy (non-hydrogen) atoms. The van der Waals surface area contributed by atoms with Crippen LogP contribution in [0.1, 0.15) is 18.2 Å². The van der Waals surface area contributed by atoms with Gasteiger partial charge in [0.15, 0.2) is 16.5 Å². The summed E-state index contributed by atoms with van der Waals surface area (Å²) in [5.74, 6) is 0.684. The highest BCUT2D eigenvalue weighted by molar-refractivity contribution is 7.23. The van der Waals surface area contributed by atoms with E-state index in [1.165, 1.54) is 23.5 Å². The van der Waals surface area contributed by atoms with Crippen LogP contribution in [0.2, 0.25) is 0 Å². The van der Waals surface area contributed by atoms with Gasteiger partial charge < -0.3 is 14.2 Å². The third-order valence-corrected chi connectivity index (χ3v) is 5.53. The minimum absolute atomic E-state index is 0.0875. The zero-order valence-corrected chi connectivity index (χ0v) is 17.8. The van der Waals surface area contributed by atoms with Gasteiger partial charge in [-0.3, -0.25) is 9.20 Å². The highest BCUT2D eigenvalue weighted by Crippen LogP contribution is 2.28. The zero-order valence-electron chi connectivity index (χ0n) is 17.0. The number of methoxy groups -OCH3 is 1. The molecule has 0 atom stereocenters. The fourth-order valence-corrected chi connectivity index (χ4v) is 4.17. The number of nitrogens with zero attached hydrogens (tertiary/aromatic N) is 2. The summed E-state index contributed by atoms with van der Waals surface area (Å²) in [6, 6.07) is 14.4. The number of esters is 1. The molecule has 4 rings (SSSR count). The first-order chi connectivity index (χ1) is 15.1. The van der Waals surface area contributed by atoms with Gasteiger partial charge in [-0.15, -0.1) is 0 Å². The summed E-state index contributed by atoms with van der Waals surface area (Å²) in [5.41, 5.74) is 1.78. The molecule has 0 spiro atoms. The molecule has 2 heterocycles. The van der Waals surface area contributed by atoms with Crippen LogP contribution in [-0.2, 0) is 16.1 Å². The van der Waals surface area contributed by atoms with Gasteiger partial charge in [-0.2, -0.15) is 0 Å². The van der Waals surface area contributed by atoms with E-state index in [2.05, 4.69) is 4.98 Å². The zero-order chi connectivity index (χ0) is 21.8. The van der Waals surface area contributed by atoms with E-state index in [1.54, 1.807) is 29.7 Å². The average molecular weight is 436 g/mol. The summed E-state index contributed by atoms with van der Waals surface area (Å²) in [5, 5.41) is 0. The number of hydrogen-bond donors (Lipinski definition) is 0. The van der Waals surface area contributed by atoms with Crippen LogP contribution in [0.4, 0.5) is 0 Å². The lowest BCUT2D eigenvalue weighted by Gasteiger charge is -2.09. The molecule has 0 bridgehead atoms. The van der Waals surface area contributed by atoms with Gasteiger partial charge in [0.05, 0.1) is 29.6 Å². The Morgan fingerprint density at radius 2 is 2.00 bits per heavy atom. The van der Waals surface area contributed by atoms with Crippen molar-refractivity contribution in [2.45, 2.75) is 13.5 Å². The molecular formula is C23H20N2O5S. The lowest BCUT2D eigenvalue weighted by Crippen LogP contribution is -2.14. The van der Waals surface area contributed by atoms with Crippen molar-refractivity contribution in [3.8, 4) is 11.5 Å². The Labute approximate surface area is 182 Å².